The molecule has 0 atom stereocenters. The Bertz CT molecular complexity index is 1180. The van der Waals surface area contributed by atoms with Crippen LogP contribution in [0.15, 0.2) is 47.4 Å². The summed E-state index contributed by atoms with van der Waals surface area (Å²) in [5.74, 6) is -0.0419. The second kappa shape index (κ2) is 8.95. The van der Waals surface area contributed by atoms with Crippen LogP contribution in [-0.4, -0.2) is 40.2 Å². The molecule has 5 rings (SSSR count). The van der Waals surface area contributed by atoms with Crippen LogP contribution in [0.3, 0.4) is 0 Å². The summed E-state index contributed by atoms with van der Waals surface area (Å²) in [4.78, 5) is 30.9. The molecule has 2 aromatic carbocycles. The van der Waals surface area contributed by atoms with Crippen molar-refractivity contribution in [3.05, 3.63) is 64.1 Å². The number of hydrogen-bond acceptors (Lipinski definition) is 5. The van der Waals surface area contributed by atoms with Crippen molar-refractivity contribution < 1.29 is 9.59 Å². The lowest BCUT2D eigenvalue weighted by molar-refractivity contribution is -0.123. The van der Waals surface area contributed by atoms with Gasteiger partial charge in [0.15, 0.2) is 0 Å². The highest BCUT2D eigenvalue weighted by Crippen LogP contribution is 2.45. The molecule has 2 aliphatic heterocycles. The summed E-state index contributed by atoms with van der Waals surface area (Å²) in [6, 6.07) is 14.2. The van der Waals surface area contributed by atoms with E-state index in [-0.39, 0.29) is 24.4 Å². The van der Waals surface area contributed by atoms with Gasteiger partial charge in [0, 0.05) is 35.1 Å². The number of nitrogens with zero attached hydrogens (tertiary/aromatic N) is 2. The number of para-hydroxylation sites is 1. The third-order valence-corrected chi connectivity index (χ3v) is 8.12. The number of rotatable bonds is 4. The summed E-state index contributed by atoms with van der Waals surface area (Å²) >= 11 is 7.03. The van der Waals surface area contributed by atoms with Gasteiger partial charge in [-0.25, -0.2) is 0 Å². The summed E-state index contributed by atoms with van der Waals surface area (Å²) < 4.78 is 0.665. The van der Waals surface area contributed by atoms with Gasteiger partial charge in [-0.05, 0) is 44.4 Å². The van der Waals surface area contributed by atoms with Crippen LogP contribution < -0.4 is 10.2 Å². The molecule has 1 saturated carbocycles. The molecule has 2 heterocycles. The van der Waals surface area contributed by atoms with Crippen molar-refractivity contribution in [1.82, 2.24) is 4.90 Å². The first-order valence-corrected chi connectivity index (χ1v) is 12.6. The third kappa shape index (κ3) is 4.20. The topological polar surface area (TPSA) is 52.7 Å². The molecule has 2 amide bonds. The summed E-state index contributed by atoms with van der Waals surface area (Å²) in [5, 5.41) is 3.04. The zero-order valence-corrected chi connectivity index (χ0v) is 20.5. The normalized spacial score (nSPS) is 20.7. The lowest BCUT2D eigenvalue weighted by Gasteiger charge is -2.22. The molecular weight excluding hydrogens is 450 g/mol. The molecule has 0 spiro atoms. The third-order valence-electron chi connectivity index (χ3n) is 6.67. The molecule has 5 nitrogen and oxygen atoms in total. The van der Waals surface area contributed by atoms with Crippen molar-refractivity contribution in [2.75, 3.05) is 23.3 Å². The second-order valence-electron chi connectivity index (χ2n) is 9.03. The Labute approximate surface area is 204 Å². The Hall–Kier alpha value is -2.64. The molecule has 170 valence electrons. The monoisotopic (exact) mass is 477 g/mol. The van der Waals surface area contributed by atoms with Crippen molar-refractivity contribution >= 4 is 57.1 Å². The van der Waals surface area contributed by atoms with E-state index >= 15 is 0 Å². The Morgan fingerprint density at radius 1 is 1.15 bits per heavy atom. The number of fused-ring (bicyclic) bond motifs is 1. The van der Waals surface area contributed by atoms with Gasteiger partial charge in [-0.3, -0.25) is 14.5 Å². The number of hydrogen-bond donors (Lipinski definition) is 1. The highest BCUT2D eigenvalue weighted by molar-refractivity contribution is 8.26. The maximum atomic E-state index is 13.4. The lowest BCUT2D eigenvalue weighted by atomic mass is 10.1. The Kier molecular flexibility index (Phi) is 6.01. The fourth-order valence-corrected chi connectivity index (χ4v) is 6.53. The molecule has 1 aliphatic carbocycles. The van der Waals surface area contributed by atoms with Crippen molar-refractivity contribution in [3.8, 4) is 0 Å². The van der Waals surface area contributed by atoms with Gasteiger partial charge in [-0.15, -0.1) is 0 Å². The quantitative estimate of drug-likeness (QED) is 0.480. The minimum Gasteiger partial charge on any atom is -0.357 e. The van der Waals surface area contributed by atoms with Crippen LogP contribution in [0.2, 0.25) is 0 Å². The predicted octanol–water partition coefficient (Wildman–Crippen LogP) is 5.28. The minimum absolute atomic E-state index is 0.0308. The summed E-state index contributed by atoms with van der Waals surface area (Å²) in [7, 11) is 0. The van der Waals surface area contributed by atoms with E-state index in [1.54, 1.807) is 0 Å². The van der Waals surface area contributed by atoms with Crippen molar-refractivity contribution in [2.45, 2.75) is 45.6 Å². The Morgan fingerprint density at radius 2 is 1.91 bits per heavy atom. The molecule has 1 N–H and O–H groups in total. The van der Waals surface area contributed by atoms with E-state index in [1.165, 1.54) is 17.3 Å². The van der Waals surface area contributed by atoms with Crippen LogP contribution in [0.1, 0.15) is 42.4 Å². The number of benzene rings is 2. The Morgan fingerprint density at radius 3 is 2.67 bits per heavy atom. The summed E-state index contributed by atoms with van der Waals surface area (Å²) in [6.45, 7) is 4.78. The molecule has 7 heteroatoms. The second-order valence-corrected chi connectivity index (χ2v) is 10.7. The van der Waals surface area contributed by atoms with E-state index in [2.05, 4.69) is 11.4 Å². The Balaban J connectivity index is 1.39. The maximum Gasteiger partial charge on any atom is 0.266 e. The maximum absolute atomic E-state index is 13.4. The van der Waals surface area contributed by atoms with Crippen LogP contribution in [0.4, 0.5) is 11.4 Å². The SMILES string of the molecule is Cc1ccc(NC(=O)CN2CC(=C3SC(=S)N(C4CCCC4)C3=O)c3ccccc32)c(C)c1. The standard InChI is InChI=1S/C26H27N3O2S2/c1-16-11-12-21(17(2)13-16)27-23(30)15-28-14-20(19-9-5-6-10-22(19)28)24-25(31)29(26(32)33-24)18-7-3-4-8-18/h5-6,9-13,18H,3-4,7-8,14-15H2,1-2H3,(H,27,30). The highest BCUT2D eigenvalue weighted by Gasteiger charge is 2.41. The minimum atomic E-state index is -0.0727. The zero-order valence-electron chi connectivity index (χ0n) is 18.9. The van der Waals surface area contributed by atoms with E-state index in [1.807, 2.05) is 60.0 Å². The zero-order chi connectivity index (χ0) is 23.1. The molecule has 1 saturated heterocycles. The molecule has 2 fully saturated rings. The molecule has 0 bridgehead atoms. The van der Waals surface area contributed by atoms with Gasteiger partial charge in [-0.2, -0.15) is 0 Å². The molecular formula is C26H27N3O2S2. The van der Waals surface area contributed by atoms with Gasteiger partial charge in [0.2, 0.25) is 5.91 Å². The van der Waals surface area contributed by atoms with Gasteiger partial charge in [0.25, 0.3) is 5.91 Å². The van der Waals surface area contributed by atoms with Crippen molar-refractivity contribution in [3.63, 3.8) is 0 Å². The van der Waals surface area contributed by atoms with E-state index in [0.717, 1.165) is 58.7 Å². The van der Waals surface area contributed by atoms with Crippen LogP contribution in [0.5, 0.6) is 0 Å². The van der Waals surface area contributed by atoms with Gasteiger partial charge in [0.05, 0.1) is 11.4 Å². The molecule has 33 heavy (non-hydrogen) atoms. The van der Waals surface area contributed by atoms with Crippen LogP contribution in [0, 0.1) is 13.8 Å². The van der Waals surface area contributed by atoms with E-state index in [0.29, 0.717) is 10.9 Å². The van der Waals surface area contributed by atoms with Crippen LogP contribution in [-0.2, 0) is 9.59 Å². The van der Waals surface area contributed by atoms with Gasteiger partial charge in [-0.1, -0.05) is 72.7 Å². The van der Waals surface area contributed by atoms with E-state index < -0.39 is 0 Å². The van der Waals surface area contributed by atoms with Crippen LogP contribution >= 0.6 is 24.0 Å². The number of amides is 2. The number of carbonyl (C=O) groups is 2. The number of thioether (sulfide) groups is 1. The van der Waals surface area contributed by atoms with Crippen LogP contribution in [0.25, 0.3) is 5.57 Å². The average Bonchev–Trinajstić information content (AvgIpc) is 3.49. The van der Waals surface area contributed by atoms with Gasteiger partial charge < -0.3 is 10.2 Å². The molecule has 2 aromatic rings. The highest BCUT2D eigenvalue weighted by atomic mass is 32.2. The number of carbonyl (C=O) groups excluding carboxylic acids is 2. The number of anilines is 2. The number of aryl methyl sites for hydroxylation is 2. The molecule has 3 aliphatic rings. The number of nitrogens with one attached hydrogen (secondary N) is 1. The fraction of sp³-hybridized carbons (Fsp3) is 0.346. The average molecular weight is 478 g/mol. The van der Waals surface area contributed by atoms with E-state index in [4.69, 9.17) is 12.2 Å². The summed E-state index contributed by atoms with van der Waals surface area (Å²) in [5.41, 5.74) is 6.01. The molecule has 0 aromatic heterocycles. The predicted molar refractivity (Wildman–Crippen MR) is 139 cm³/mol. The first-order chi connectivity index (χ1) is 15.9. The molecule has 0 unspecified atom stereocenters. The first-order valence-electron chi connectivity index (χ1n) is 11.4. The van der Waals surface area contributed by atoms with Gasteiger partial charge in [0.1, 0.15) is 4.32 Å². The van der Waals surface area contributed by atoms with Crippen molar-refractivity contribution in [2.24, 2.45) is 0 Å². The number of thiocarbonyl (C=S) groups is 1. The summed E-state index contributed by atoms with van der Waals surface area (Å²) in [6.07, 6.45) is 4.35. The smallest absolute Gasteiger partial charge is 0.266 e. The van der Waals surface area contributed by atoms with E-state index in [9.17, 15) is 9.59 Å². The van der Waals surface area contributed by atoms with Gasteiger partial charge >= 0.3 is 0 Å². The lowest BCUT2D eigenvalue weighted by Crippen LogP contribution is -2.37. The largest absolute Gasteiger partial charge is 0.357 e. The van der Waals surface area contributed by atoms with Crippen molar-refractivity contribution in [1.29, 1.82) is 0 Å². The fourth-order valence-electron chi connectivity index (χ4n) is 5.06. The first kappa shape index (κ1) is 22.2. The molecule has 0 radical (unpaired) electrons.